The van der Waals surface area contributed by atoms with Crippen molar-refractivity contribution >= 4 is 29.0 Å². The molecule has 2 atom stereocenters. The third-order valence-electron chi connectivity index (χ3n) is 2.80. The van der Waals surface area contributed by atoms with Crippen molar-refractivity contribution in [3.8, 4) is 0 Å². The van der Waals surface area contributed by atoms with Crippen LogP contribution in [0.2, 0.25) is 6.32 Å². The Hall–Kier alpha value is -0.135. The Morgan fingerprint density at radius 1 is 1.53 bits per heavy atom. The SMILES string of the molecule is C=S=C(O)C1NCCC1CCCB(O)O. The van der Waals surface area contributed by atoms with Crippen molar-refractivity contribution in [3.63, 3.8) is 0 Å². The van der Waals surface area contributed by atoms with Gasteiger partial charge in [-0.1, -0.05) is 6.42 Å². The van der Waals surface area contributed by atoms with Gasteiger partial charge in [0.2, 0.25) is 0 Å². The second-order valence-corrected chi connectivity index (χ2v) is 4.58. The third-order valence-corrected chi connectivity index (χ3v) is 3.35. The zero-order valence-electron chi connectivity index (χ0n) is 8.72. The maximum absolute atomic E-state index is 9.59. The molecule has 0 amide bonds. The van der Waals surface area contributed by atoms with Crippen LogP contribution in [-0.4, -0.2) is 45.8 Å². The van der Waals surface area contributed by atoms with Gasteiger partial charge in [-0.3, -0.25) is 0 Å². The van der Waals surface area contributed by atoms with E-state index in [1.807, 2.05) is 0 Å². The molecule has 0 spiro atoms. The molecule has 15 heavy (non-hydrogen) atoms. The number of hydrogen-bond acceptors (Lipinski definition) is 3. The highest BCUT2D eigenvalue weighted by molar-refractivity contribution is 7.95. The highest BCUT2D eigenvalue weighted by Gasteiger charge is 2.29. The molecule has 4 nitrogen and oxygen atoms in total. The Kier molecular flexibility index (Phi) is 5.56. The fourth-order valence-corrected chi connectivity index (χ4v) is 2.47. The molecule has 0 aromatic carbocycles. The van der Waals surface area contributed by atoms with Gasteiger partial charge in [-0.25, -0.2) is 0 Å². The minimum absolute atomic E-state index is 0.0170. The molecule has 2 unspecified atom stereocenters. The van der Waals surface area contributed by atoms with Gasteiger partial charge in [-0.2, -0.15) is 0 Å². The Morgan fingerprint density at radius 3 is 2.87 bits per heavy atom. The van der Waals surface area contributed by atoms with Crippen LogP contribution in [0.5, 0.6) is 0 Å². The van der Waals surface area contributed by atoms with Crippen molar-refractivity contribution in [1.82, 2.24) is 5.32 Å². The first-order valence-electron chi connectivity index (χ1n) is 5.22. The van der Waals surface area contributed by atoms with E-state index in [4.69, 9.17) is 10.0 Å². The highest BCUT2D eigenvalue weighted by atomic mass is 32.1. The summed E-state index contributed by atoms with van der Waals surface area (Å²) in [6, 6.07) is 0.0170. The maximum atomic E-state index is 9.59. The largest absolute Gasteiger partial charge is 0.451 e. The Labute approximate surface area is 94.0 Å². The van der Waals surface area contributed by atoms with Crippen LogP contribution in [0.4, 0.5) is 0 Å². The summed E-state index contributed by atoms with van der Waals surface area (Å²) in [5.41, 5.74) is 0. The van der Waals surface area contributed by atoms with Crippen LogP contribution in [0.25, 0.3) is 0 Å². The fourth-order valence-electron chi connectivity index (χ4n) is 2.01. The van der Waals surface area contributed by atoms with Crippen LogP contribution >= 0.6 is 10.9 Å². The summed E-state index contributed by atoms with van der Waals surface area (Å²) < 4.78 is 0. The molecule has 0 aromatic rings. The van der Waals surface area contributed by atoms with E-state index in [1.165, 1.54) is 0 Å². The molecule has 1 heterocycles. The molecule has 1 aliphatic heterocycles. The van der Waals surface area contributed by atoms with E-state index in [2.05, 4.69) is 11.2 Å². The summed E-state index contributed by atoms with van der Waals surface area (Å²) in [5, 5.41) is 30.6. The van der Waals surface area contributed by atoms with Crippen molar-refractivity contribution in [2.45, 2.75) is 31.6 Å². The van der Waals surface area contributed by atoms with Crippen molar-refractivity contribution in [3.05, 3.63) is 0 Å². The lowest BCUT2D eigenvalue weighted by Crippen LogP contribution is -2.34. The zero-order valence-corrected chi connectivity index (χ0v) is 9.54. The van der Waals surface area contributed by atoms with Crippen LogP contribution in [0, 0.1) is 5.92 Å². The predicted octanol–water partition coefficient (Wildman–Crippen LogP) is 0.0706. The average molecular weight is 231 g/mol. The lowest BCUT2D eigenvalue weighted by molar-refractivity contribution is 0.390. The third kappa shape index (κ3) is 4.08. The molecule has 1 fully saturated rings. The van der Waals surface area contributed by atoms with Crippen molar-refractivity contribution in [1.29, 1.82) is 0 Å². The van der Waals surface area contributed by atoms with Gasteiger partial charge in [0.1, 0.15) is 5.05 Å². The van der Waals surface area contributed by atoms with E-state index in [-0.39, 0.29) is 6.04 Å². The van der Waals surface area contributed by atoms with E-state index in [1.54, 1.807) is 0 Å². The number of rotatable bonds is 5. The fraction of sp³-hybridized carbons (Fsp3) is 0.778. The first kappa shape index (κ1) is 12.9. The monoisotopic (exact) mass is 231 g/mol. The lowest BCUT2D eigenvalue weighted by Gasteiger charge is -2.17. The molecule has 1 saturated heterocycles. The molecule has 86 valence electrons. The summed E-state index contributed by atoms with van der Waals surface area (Å²) in [5.74, 6) is 3.97. The number of aliphatic hydroxyl groups excluding tert-OH is 1. The molecule has 1 aliphatic rings. The second kappa shape index (κ2) is 6.45. The zero-order chi connectivity index (χ0) is 11.3. The summed E-state index contributed by atoms with van der Waals surface area (Å²) in [6.07, 6.45) is 3.10. The molecule has 0 aliphatic carbocycles. The quantitative estimate of drug-likeness (QED) is 0.399. The molecule has 0 bridgehead atoms. The first-order valence-corrected chi connectivity index (χ1v) is 6.21. The highest BCUT2D eigenvalue weighted by Crippen LogP contribution is 2.23. The summed E-state index contributed by atoms with van der Waals surface area (Å²) in [4.78, 5) is 0. The molecule has 4 N–H and O–H groups in total. The van der Waals surface area contributed by atoms with Gasteiger partial charge in [0.25, 0.3) is 0 Å². The van der Waals surface area contributed by atoms with Gasteiger partial charge in [0, 0.05) is 0 Å². The van der Waals surface area contributed by atoms with Gasteiger partial charge >= 0.3 is 7.12 Å². The standard InChI is InChI=1S/C9H18BNO3S/c1-15-9(12)8-7(4-6-11-8)3-2-5-10(13)14/h7-8,11-14H,1-6H2. The van der Waals surface area contributed by atoms with Gasteiger partial charge in [-0.15, -0.1) is 10.9 Å². The second-order valence-electron chi connectivity index (χ2n) is 3.87. The molecular weight excluding hydrogens is 213 g/mol. The van der Waals surface area contributed by atoms with Crippen LogP contribution in [-0.2, 0) is 0 Å². The van der Waals surface area contributed by atoms with E-state index in [0.717, 1.165) is 36.7 Å². The molecule has 0 aromatic heterocycles. The van der Waals surface area contributed by atoms with Gasteiger partial charge < -0.3 is 20.5 Å². The van der Waals surface area contributed by atoms with Gasteiger partial charge in [-0.05, 0) is 37.5 Å². The van der Waals surface area contributed by atoms with Gasteiger partial charge in [0.15, 0.2) is 0 Å². The predicted molar refractivity (Wildman–Crippen MR) is 66.5 cm³/mol. The number of hydrogen-bond donors (Lipinski definition) is 4. The topological polar surface area (TPSA) is 72.7 Å². The average Bonchev–Trinajstić information content (AvgIpc) is 2.64. The van der Waals surface area contributed by atoms with E-state index >= 15 is 0 Å². The minimum Gasteiger partial charge on any atom is -0.427 e. The van der Waals surface area contributed by atoms with Crippen molar-refractivity contribution in [2.24, 2.45) is 5.92 Å². The van der Waals surface area contributed by atoms with Crippen molar-refractivity contribution in [2.75, 3.05) is 6.54 Å². The lowest BCUT2D eigenvalue weighted by atomic mass is 9.81. The van der Waals surface area contributed by atoms with Crippen LogP contribution in [0.3, 0.4) is 0 Å². The first-order chi connectivity index (χ1) is 7.15. The number of aliphatic hydroxyl groups is 1. The normalized spacial score (nSPS) is 25.3. The van der Waals surface area contributed by atoms with Crippen LogP contribution in [0.15, 0.2) is 0 Å². The van der Waals surface area contributed by atoms with E-state index in [0.29, 0.717) is 17.3 Å². The van der Waals surface area contributed by atoms with E-state index in [9.17, 15) is 5.11 Å². The smallest absolute Gasteiger partial charge is 0.427 e. The number of nitrogens with one attached hydrogen (secondary N) is 1. The Bertz CT molecular complexity index is 256. The van der Waals surface area contributed by atoms with Crippen LogP contribution in [0.1, 0.15) is 19.3 Å². The van der Waals surface area contributed by atoms with Crippen LogP contribution < -0.4 is 5.32 Å². The van der Waals surface area contributed by atoms with E-state index < -0.39 is 7.12 Å². The van der Waals surface area contributed by atoms with Crippen molar-refractivity contribution < 1.29 is 15.2 Å². The molecule has 6 heteroatoms. The Balaban J connectivity index is 2.37. The summed E-state index contributed by atoms with van der Waals surface area (Å²) in [7, 11) is -0.0840. The van der Waals surface area contributed by atoms with Gasteiger partial charge in [0.05, 0.1) is 6.04 Å². The molecule has 0 saturated carbocycles. The molecule has 1 rings (SSSR count). The Morgan fingerprint density at radius 2 is 2.27 bits per heavy atom. The summed E-state index contributed by atoms with van der Waals surface area (Å²) >= 11 is 0. The molecule has 0 radical (unpaired) electrons. The summed E-state index contributed by atoms with van der Waals surface area (Å²) in [6.45, 7) is 0.904. The molecular formula is C9H18BNO3S. The maximum Gasteiger partial charge on any atom is 0.451 e. The minimum atomic E-state index is -1.21.